The van der Waals surface area contributed by atoms with Crippen molar-refractivity contribution in [1.82, 2.24) is 4.98 Å². The average Bonchev–Trinajstić information content (AvgIpc) is 2.82. The number of aliphatic hydroxyl groups excluding tert-OH is 1. The minimum Gasteiger partial charge on any atom is -0.389 e. The van der Waals surface area contributed by atoms with Gasteiger partial charge in [0.1, 0.15) is 5.82 Å². The van der Waals surface area contributed by atoms with Crippen molar-refractivity contribution in [3.63, 3.8) is 0 Å². The van der Waals surface area contributed by atoms with E-state index in [0.29, 0.717) is 0 Å². The molecule has 0 aromatic carbocycles. The van der Waals surface area contributed by atoms with Gasteiger partial charge in [-0.25, -0.2) is 4.98 Å². The molecule has 0 saturated heterocycles. The molecule has 90 valence electrons. The standard InChI is InChI=1S/C13H16N2OS/c1-10(16)12-3-5-14-13(7-12)15(2)8-11-4-6-17-9-11/h3-7,9-10,16H,8H2,1-2H3/t10-/m1/s1. The zero-order valence-corrected chi connectivity index (χ0v) is 10.8. The number of anilines is 1. The SMILES string of the molecule is C[C@@H](O)c1ccnc(N(C)Cc2ccsc2)c1. The van der Waals surface area contributed by atoms with E-state index in [0.717, 1.165) is 17.9 Å². The van der Waals surface area contributed by atoms with Crippen LogP contribution in [0.5, 0.6) is 0 Å². The predicted octanol–water partition coefficient (Wildman–Crippen LogP) is 2.83. The second-order valence-corrected chi connectivity index (χ2v) is 4.89. The van der Waals surface area contributed by atoms with Gasteiger partial charge in [0.25, 0.3) is 0 Å². The number of aliphatic hydroxyl groups is 1. The minimum atomic E-state index is -0.453. The Bertz CT molecular complexity index is 468. The third-order valence-corrected chi connectivity index (χ3v) is 3.37. The lowest BCUT2D eigenvalue weighted by Gasteiger charge is -2.18. The van der Waals surface area contributed by atoms with Crippen molar-refractivity contribution in [1.29, 1.82) is 0 Å². The van der Waals surface area contributed by atoms with Crippen LogP contribution >= 0.6 is 11.3 Å². The molecule has 0 amide bonds. The van der Waals surface area contributed by atoms with Crippen LogP contribution in [0.1, 0.15) is 24.2 Å². The quantitative estimate of drug-likeness (QED) is 0.904. The average molecular weight is 248 g/mol. The Morgan fingerprint density at radius 2 is 2.29 bits per heavy atom. The molecule has 1 atom stereocenters. The van der Waals surface area contributed by atoms with Crippen LogP contribution in [0.3, 0.4) is 0 Å². The summed E-state index contributed by atoms with van der Waals surface area (Å²) in [5.41, 5.74) is 2.17. The van der Waals surface area contributed by atoms with Gasteiger partial charge >= 0.3 is 0 Å². The fourth-order valence-corrected chi connectivity index (χ4v) is 2.30. The first kappa shape index (κ1) is 12.1. The van der Waals surface area contributed by atoms with Crippen LogP contribution in [0, 0.1) is 0 Å². The molecule has 0 bridgehead atoms. The predicted molar refractivity (Wildman–Crippen MR) is 71.3 cm³/mol. The second kappa shape index (κ2) is 5.29. The highest BCUT2D eigenvalue weighted by atomic mass is 32.1. The molecule has 2 rings (SSSR count). The lowest BCUT2D eigenvalue weighted by molar-refractivity contribution is 0.199. The molecule has 3 nitrogen and oxygen atoms in total. The molecular formula is C13H16N2OS. The monoisotopic (exact) mass is 248 g/mol. The maximum Gasteiger partial charge on any atom is 0.128 e. The van der Waals surface area contributed by atoms with Gasteiger partial charge in [-0.3, -0.25) is 0 Å². The van der Waals surface area contributed by atoms with Crippen molar-refractivity contribution in [2.24, 2.45) is 0 Å². The summed E-state index contributed by atoms with van der Waals surface area (Å²) < 4.78 is 0. The first-order valence-corrected chi connectivity index (χ1v) is 6.47. The summed E-state index contributed by atoms with van der Waals surface area (Å²) in [6, 6.07) is 5.88. The molecule has 17 heavy (non-hydrogen) atoms. The molecule has 0 unspecified atom stereocenters. The number of hydrogen-bond acceptors (Lipinski definition) is 4. The Hall–Kier alpha value is -1.39. The van der Waals surface area contributed by atoms with Crippen LogP contribution in [0.15, 0.2) is 35.2 Å². The molecule has 2 aromatic rings. The van der Waals surface area contributed by atoms with Crippen molar-refractivity contribution in [3.8, 4) is 0 Å². The van der Waals surface area contributed by atoms with E-state index in [2.05, 4.69) is 26.7 Å². The summed E-state index contributed by atoms with van der Waals surface area (Å²) in [6.07, 6.45) is 1.29. The molecule has 0 fully saturated rings. The Kier molecular flexibility index (Phi) is 3.76. The van der Waals surface area contributed by atoms with Crippen LogP contribution in [0.25, 0.3) is 0 Å². The number of rotatable bonds is 4. The summed E-state index contributed by atoms with van der Waals surface area (Å²) in [5.74, 6) is 0.884. The minimum absolute atomic E-state index is 0.453. The van der Waals surface area contributed by atoms with E-state index in [1.54, 1.807) is 24.5 Å². The van der Waals surface area contributed by atoms with Gasteiger partial charge in [0, 0.05) is 19.8 Å². The fraction of sp³-hybridized carbons (Fsp3) is 0.308. The second-order valence-electron chi connectivity index (χ2n) is 4.11. The summed E-state index contributed by atoms with van der Waals surface area (Å²) >= 11 is 1.70. The summed E-state index contributed by atoms with van der Waals surface area (Å²) in [4.78, 5) is 6.40. The third-order valence-electron chi connectivity index (χ3n) is 2.64. The van der Waals surface area contributed by atoms with Gasteiger partial charge in [0.15, 0.2) is 0 Å². The Labute approximate surface area is 105 Å². The molecule has 0 radical (unpaired) electrons. The molecule has 2 aromatic heterocycles. The first-order valence-electron chi connectivity index (χ1n) is 5.53. The first-order chi connectivity index (χ1) is 8.16. The van der Waals surface area contributed by atoms with Crippen molar-refractivity contribution in [2.75, 3.05) is 11.9 Å². The molecular weight excluding hydrogens is 232 g/mol. The topological polar surface area (TPSA) is 36.4 Å². The van der Waals surface area contributed by atoms with Crippen LogP contribution < -0.4 is 4.90 Å². The van der Waals surface area contributed by atoms with E-state index in [9.17, 15) is 5.11 Å². The third kappa shape index (κ3) is 3.05. The van der Waals surface area contributed by atoms with E-state index >= 15 is 0 Å². The van der Waals surface area contributed by atoms with Gasteiger partial charge in [-0.05, 0) is 47.0 Å². The number of nitrogens with zero attached hydrogens (tertiary/aromatic N) is 2. The van der Waals surface area contributed by atoms with E-state index in [4.69, 9.17) is 0 Å². The van der Waals surface area contributed by atoms with Gasteiger partial charge in [-0.1, -0.05) is 0 Å². The number of aromatic nitrogens is 1. The van der Waals surface area contributed by atoms with Crippen LogP contribution in [-0.4, -0.2) is 17.1 Å². The van der Waals surface area contributed by atoms with E-state index < -0.39 is 6.10 Å². The highest BCUT2D eigenvalue weighted by Gasteiger charge is 2.07. The Balaban J connectivity index is 2.13. The van der Waals surface area contributed by atoms with E-state index in [1.165, 1.54) is 5.56 Å². The number of hydrogen-bond donors (Lipinski definition) is 1. The van der Waals surface area contributed by atoms with E-state index in [-0.39, 0.29) is 0 Å². The highest BCUT2D eigenvalue weighted by Crippen LogP contribution is 2.19. The maximum atomic E-state index is 9.54. The van der Waals surface area contributed by atoms with Gasteiger partial charge in [0.05, 0.1) is 6.10 Å². The zero-order valence-electron chi connectivity index (χ0n) is 10.00. The van der Waals surface area contributed by atoms with Gasteiger partial charge in [-0.15, -0.1) is 0 Å². The molecule has 1 N–H and O–H groups in total. The van der Waals surface area contributed by atoms with Crippen molar-refractivity contribution < 1.29 is 5.11 Å². The largest absolute Gasteiger partial charge is 0.389 e. The van der Waals surface area contributed by atoms with Crippen molar-refractivity contribution >= 4 is 17.2 Å². The summed E-state index contributed by atoms with van der Waals surface area (Å²) in [5, 5.41) is 13.7. The molecule has 2 heterocycles. The van der Waals surface area contributed by atoms with Gasteiger partial charge in [-0.2, -0.15) is 11.3 Å². The smallest absolute Gasteiger partial charge is 0.128 e. The number of thiophene rings is 1. The molecule has 0 aliphatic rings. The van der Waals surface area contributed by atoms with Gasteiger partial charge < -0.3 is 10.0 Å². The molecule has 0 aliphatic carbocycles. The van der Waals surface area contributed by atoms with Crippen molar-refractivity contribution in [3.05, 3.63) is 46.3 Å². The molecule has 0 saturated carbocycles. The molecule has 0 spiro atoms. The molecule has 0 aliphatic heterocycles. The van der Waals surface area contributed by atoms with Gasteiger partial charge in [0.2, 0.25) is 0 Å². The van der Waals surface area contributed by atoms with Crippen molar-refractivity contribution in [2.45, 2.75) is 19.6 Å². The summed E-state index contributed by atoms with van der Waals surface area (Å²) in [6.45, 7) is 2.59. The van der Waals surface area contributed by atoms with Crippen LogP contribution in [0.2, 0.25) is 0 Å². The lowest BCUT2D eigenvalue weighted by Crippen LogP contribution is -2.17. The molecule has 4 heteroatoms. The Morgan fingerprint density at radius 1 is 1.47 bits per heavy atom. The lowest BCUT2D eigenvalue weighted by atomic mass is 10.1. The zero-order chi connectivity index (χ0) is 12.3. The van der Waals surface area contributed by atoms with Crippen LogP contribution in [-0.2, 0) is 6.54 Å². The number of pyridine rings is 1. The summed E-state index contributed by atoms with van der Waals surface area (Å²) in [7, 11) is 2.01. The normalized spacial score (nSPS) is 12.4. The highest BCUT2D eigenvalue weighted by molar-refractivity contribution is 7.07. The van der Waals surface area contributed by atoms with Crippen LogP contribution in [0.4, 0.5) is 5.82 Å². The maximum absolute atomic E-state index is 9.54. The van der Waals surface area contributed by atoms with E-state index in [1.807, 2.05) is 19.2 Å². The Morgan fingerprint density at radius 3 is 2.94 bits per heavy atom. The fourth-order valence-electron chi connectivity index (χ4n) is 1.64.